The fourth-order valence-corrected chi connectivity index (χ4v) is 6.86. The third kappa shape index (κ3) is 38.5. The van der Waals surface area contributed by atoms with Crippen LogP contribution < -0.4 is 0 Å². The first-order valence-electron chi connectivity index (χ1n) is 23.3. The van der Waals surface area contributed by atoms with Crippen LogP contribution in [0.2, 0.25) is 0 Å². The van der Waals surface area contributed by atoms with Gasteiger partial charge in [0.2, 0.25) is 0 Å². The monoisotopic (exact) mass is 751 g/mol. The van der Waals surface area contributed by atoms with Crippen LogP contribution in [0.25, 0.3) is 0 Å². The van der Waals surface area contributed by atoms with E-state index in [4.69, 9.17) is 14.2 Å². The Balaban J connectivity index is 4.17. The largest absolute Gasteiger partial charge is 0.462 e. The minimum absolute atomic E-state index is 0.0661. The predicted molar refractivity (Wildman–Crippen MR) is 224 cm³/mol. The molecular formula is C47H90O6. The standard InChI is InChI=1S/C47H90O6/c1-6-9-10-25-32-37-45(48)51-40-44(41-52-46(49)38-33-28-23-20-19-22-27-31-36-43(5)8-3)53-47(50)39-34-29-24-18-16-14-12-11-13-15-17-21-26-30-35-42(4)7-2/h42-44H,6-41H2,1-5H3/t42?,43?,44-/m1/s1. The Morgan fingerprint density at radius 1 is 0.377 bits per heavy atom. The number of carbonyl (C=O) groups is 3. The smallest absolute Gasteiger partial charge is 0.306 e. The molecule has 0 aromatic rings. The van der Waals surface area contributed by atoms with Crippen molar-refractivity contribution >= 4 is 17.9 Å². The van der Waals surface area contributed by atoms with Crippen LogP contribution >= 0.6 is 0 Å². The number of rotatable bonds is 41. The molecular weight excluding hydrogens is 661 g/mol. The molecule has 0 N–H and O–H groups in total. The summed E-state index contributed by atoms with van der Waals surface area (Å²) < 4.78 is 16.6. The molecule has 0 bridgehead atoms. The molecule has 0 aliphatic heterocycles. The zero-order valence-electron chi connectivity index (χ0n) is 36.1. The first-order valence-corrected chi connectivity index (χ1v) is 23.3. The van der Waals surface area contributed by atoms with E-state index >= 15 is 0 Å². The zero-order chi connectivity index (χ0) is 39.0. The number of ether oxygens (including phenoxy) is 3. The van der Waals surface area contributed by atoms with Gasteiger partial charge in [0.15, 0.2) is 6.10 Å². The molecule has 6 heteroatoms. The van der Waals surface area contributed by atoms with Crippen molar-refractivity contribution in [1.29, 1.82) is 0 Å². The highest BCUT2D eigenvalue weighted by molar-refractivity contribution is 5.71. The minimum atomic E-state index is -0.759. The Kier molecular flexibility index (Phi) is 38.9. The van der Waals surface area contributed by atoms with Gasteiger partial charge < -0.3 is 14.2 Å². The van der Waals surface area contributed by atoms with Gasteiger partial charge in [-0.05, 0) is 31.1 Å². The van der Waals surface area contributed by atoms with Crippen molar-refractivity contribution in [2.24, 2.45) is 11.8 Å². The van der Waals surface area contributed by atoms with Gasteiger partial charge in [0, 0.05) is 19.3 Å². The maximum Gasteiger partial charge on any atom is 0.306 e. The molecule has 0 radical (unpaired) electrons. The summed E-state index contributed by atoms with van der Waals surface area (Å²) in [5, 5.41) is 0. The molecule has 0 fully saturated rings. The Morgan fingerprint density at radius 3 is 0.981 bits per heavy atom. The Hall–Kier alpha value is -1.59. The summed E-state index contributed by atoms with van der Waals surface area (Å²) in [4.78, 5) is 37.5. The lowest BCUT2D eigenvalue weighted by atomic mass is 9.99. The topological polar surface area (TPSA) is 78.9 Å². The van der Waals surface area contributed by atoms with Gasteiger partial charge in [0.25, 0.3) is 0 Å². The Bertz CT molecular complexity index is 813. The molecule has 0 amide bonds. The van der Waals surface area contributed by atoms with Gasteiger partial charge in [-0.1, -0.05) is 214 Å². The van der Waals surface area contributed by atoms with E-state index in [-0.39, 0.29) is 31.1 Å². The lowest BCUT2D eigenvalue weighted by Crippen LogP contribution is -2.30. The molecule has 0 spiro atoms. The molecule has 314 valence electrons. The molecule has 2 unspecified atom stereocenters. The van der Waals surface area contributed by atoms with Crippen molar-refractivity contribution in [3.05, 3.63) is 0 Å². The second-order valence-corrected chi connectivity index (χ2v) is 16.5. The zero-order valence-corrected chi connectivity index (χ0v) is 36.1. The highest BCUT2D eigenvalue weighted by atomic mass is 16.6. The summed E-state index contributed by atoms with van der Waals surface area (Å²) in [6.45, 7) is 11.3. The highest BCUT2D eigenvalue weighted by Gasteiger charge is 2.19. The third-order valence-corrected chi connectivity index (χ3v) is 11.2. The van der Waals surface area contributed by atoms with Crippen LogP contribution in [0.3, 0.4) is 0 Å². The number of hydrogen-bond donors (Lipinski definition) is 0. The summed E-state index contributed by atoms with van der Waals surface area (Å²) in [6, 6.07) is 0. The molecule has 0 saturated carbocycles. The molecule has 0 heterocycles. The summed E-state index contributed by atoms with van der Waals surface area (Å²) in [6.07, 6.45) is 38.2. The van der Waals surface area contributed by atoms with Crippen LogP contribution in [0.1, 0.15) is 253 Å². The van der Waals surface area contributed by atoms with Gasteiger partial charge in [-0.15, -0.1) is 0 Å². The number of carbonyl (C=O) groups excluding carboxylic acids is 3. The van der Waals surface area contributed by atoms with E-state index in [1.807, 2.05) is 0 Å². The highest BCUT2D eigenvalue weighted by Crippen LogP contribution is 2.18. The maximum absolute atomic E-state index is 12.7. The maximum atomic E-state index is 12.7. The second-order valence-electron chi connectivity index (χ2n) is 16.5. The normalized spacial score (nSPS) is 13.1. The van der Waals surface area contributed by atoms with Crippen molar-refractivity contribution in [1.82, 2.24) is 0 Å². The molecule has 0 aliphatic rings. The molecule has 6 nitrogen and oxygen atoms in total. The van der Waals surface area contributed by atoms with Crippen molar-refractivity contribution in [3.63, 3.8) is 0 Å². The lowest BCUT2D eigenvalue weighted by Gasteiger charge is -2.18. The van der Waals surface area contributed by atoms with E-state index in [0.717, 1.165) is 76.0 Å². The second kappa shape index (κ2) is 40.1. The van der Waals surface area contributed by atoms with E-state index < -0.39 is 6.10 Å². The molecule has 0 aromatic heterocycles. The van der Waals surface area contributed by atoms with Crippen molar-refractivity contribution in [2.75, 3.05) is 13.2 Å². The third-order valence-electron chi connectivity index (χ3n) is 11.2. The van der Waals surface area contributed by atoms with Gasteiger partial charge in [0.05, 0.1) is 0 Å². The van der Waals surface area contributed by atoms with Crippen LogP contribution in [0.5, 0.6) is 0 Å². The SMILES string of the molecule is CCCCCCCC(=O)OC[C@H](COC(=O)CCCCCCCCCCC(C)CC)OC(=O)CCCCCCCCCCCCCCCCC(C)CC. The van der Waals surface area contributed by atoms with Gasteiger partial charge in [0.1, 0.15) is 13.2 Å². The average molecular weight is 751 g/mol. The van der Waals surface area contributed by atoms with E-state index in [0.29, 0.717) is 19.3 Å². The van der Waals surface area contributed by atoms with Crippen LogP contribution in [0, 0.1) is 11.8 Å². The molecule has 53 heavy (non-hydrogen) atoms. The molecule has 3 atom stereocenters. The van der Waals surface area contributed by atoms with Crippen LogP contribution in [-0.4, -0.2) is 37.2 Å². The summed E-state index contributed by atoms with van der Waals surface area (Å²) in [5.41, 5.74) is 0. The Labute approximate surface area is 329 Å². The average Bonchev–Trinajstić information content (AvgIpc) is 3.15. The first-order chi connectivity index (χ1) is 25.8. The van der Waals surface area contributed by atoms with Gasteiger partial charge in [-0.3, -0.25) is 14.4 Å². The number of esters is 3. The van der Waals surface area contributed by atoms with Gasteiger partial charge in [-0.25, -0.2) is 0 Å². The van der Waals surface area contributed by atoms with E-state index in [2.05, 4.69) is 34.6 Å². The van der Waals surface area contributed by atoms with Crippen molar-refractivity contribution < 1.29 is 28.6 Å². The fraction of sp³-hybridized carbons (Fsp3) is 0.936. The van der Waals surface area contributed by atoms with Gasteiger partial charge in [-0.2, -0.15) is 0 Å². The van der Waals surface area contributed by atoms with Crippen molar-refractivity contribution in [2.45, 2.75) is 259 Å². The van der Waals surface area contributed by atoms with Crippen LogP contribution in [0.15, 0.2) is 0 Å². The quantitative estimate of drug-likeness (QED) is 0.0352. The summed E-state index contributed by atoms with van der Waals surface area (Å²) in [5.74, 6) is 0.872. The van der Waals surface area contributed by atoms with Crippen LogP contribution in [0.4, 0.5) is 0 Å². The fourth-order valence-electron chi connectivity index (χ4n) is 6.86. The molecule has 0 rings (SSSR count). The molecule has 0 aromatic carbocycles. The Morgan fingerprint density at radius 2 is 0.660 bits per heavy atom. The van der Waals surface area contributed by atoms with Crippen LogP contribution in [-0.2, 0) is 28.6 Å². The van der Waals surface area contributed by atoms with E-state index in [9.17, 15) is 14.4 Å². The lowest BCUT2D eigenvalue weighted by molar-refractivity contribution is -0.167. The summed E-state index contributed by atoms with van der Waals surface area (Å²) >= 11 is 0. The molecule has 0 saturated heterocycles. The molecule has 0 aliphatic carbocycles. The number of unbranched alkanes of at least 4 members (excludes halogenated alkanes) is 24. The van der Waals surface area contributed by atoms with E-state index in [1.165, 1.54) is 135 Å². The first kappa shape index (κ1) is 51.4. The summed E-state index contributed by atoms with van der Waals surface area (Å²) in [7, 11) is 0. The number of hydrogen-bond acceptors (Lipinski definition) is 6. The van der Waals surface area contributed by atoms with E-state index in [1.54, 1.807) is 0 Å². The minimum Gasteiger partial charge on any atom is -0.462 e. The predicted octanol–water partition coefficient (Wildman–Crippen LogP) is 14.6. The van der Waals surface area contributed by atoms with Gasteiger partial charge >= 0.3 is 17.9 Å². The van der Waals surface area contributed by atoms with Crippen molar-refractivity contribution in [3.8, 4) is 0 Å².